The molecule has 204 valence electrons. The van der Waals surface area contributed by atoms with Gasteiger partial charge in [0.15, 0.2) is 0 Å². The average molecular weight is 507 g/mol. The highest BCUT2D eigenvalue weighted by atomic mass is 16.5. The van der Waals surface area contributed by atoms with Crippen molar-refractivity contribution in [3.63, 3.8) is 0 Å². The van der Waals surface area contributed by atoms with Crippen LogP contribution in [-0.2, 0) is 14.2 Å². The van der Waals surface area contributed by atoms with Crippen molar-refractivity contribution in [2.75, 3.05) is 6.61 Å². The lowest BCUT2D eigenvalue weighted by Gasteiger charge is -2.61. The van der Waals surface area contributed by atoms with Gasteiger partial charge in [0.25, 0.3) is 0 Å². The smallest absolute Gasteiger partial charge is 0.104 e. The van der Waals surface area contributed by atoms with Crippen molar-refractivity contribution in [3.05, 3.63) is 35.5 Å². The SMILES string of the molecule is C[C@]12CC[C@@H]3[C@@H](CCC4CC(OC5=CCCC5)CC[C@@]43COC3=CCCC3)[C@@H]1CCC2OC1=CCCC1. The van der Waals surface area contributed by atoms with Crippen molar-refractivity contribution >= 4 is 0 Å². The fourth-order valence-electron chi connectivity index (χ4n) is 10.4. The van der Waals surface area contributed by atoms with Gasteiger partial charge in [-0.25, -0.2) is 0 Å². The summed E-state index contributed by atoms with van der Waals surface area (Å²) in [5.74, 6) is 7.17. The Bertz CT molecular complexity index is 947. The van der Waals surface area contributed by atoms with Crippen LogP contribution in [0.15, 0.2) is 35.5 Å². The Morgan fingerprint density at radius 1 is 0.730 bits per heavy atom. The lowest BCUT2D eigenvalue weighted by molar-refractivity contribution is -0.164. The maximum atomic E-state index is 6.76. The van der Waals surface area contributed by atoms with Gasteiger partial charge >= 0.3 is 0 Å². The van der Waals surface area contributed by atoms with Gasteiger partial charge in [-0.1, -0.05) is 6.92 Å². The lowest BCUT2D eigenvalue weighted by Crippen LogP contribution is -2.57. The van der Waals surface area contributed by atoms with Gasteiger partial charge in [-0.2, -0.15) is 0 Å². The molecular formula is C34H50O3. The van der Waals surface area contributed by atoms with Gasteiger partial charge in [0.2, 0.25) is 0 Å². The van der Waals surface area contributed by atoms with E-state index in [1.165, 1.54) is 120 Å². The maximum Gasteiger partial charge on any atom is 0.104 e. The third-order valence-electron chi connectivity index (χ3n) is 12.4. The lowest BCUT2D eigenvalue weighted by atomic mass is 9.44. The first-order valence-electron chi connectivity index (χ1n) is 16.2. The monoisotopic (exact) mass is 506 g/mol. The zero-order valence-electron chi connectivity index (χ0n) is 23.4. The minimum atomic E-state index is 0.352. The van der Waals surface area contributed by atoms with E-state index in [2.05, 4.69) is 25.2 Å². The zero-order valence-corrected chi connectivity index (χ0v) is 23.4. The molecule has 0 aromatic rings. The van der Waals surface area contributed by atoms with Crippen LogP contribution in [-0.4, -0.2) is 18.8 Å². The van der Waals surface area contributed by atoms with E-state index in [0.29, 0.717) is 23.0 Å². The maximum absolute atomic E-state index is 6.76. The minimum absolute atomic E-state index is 0.352. The second kappa shape index (κ2) is 9.98. The van der Waals surface area contributed by atoms with E-state index in [-0.39, 0.29) is 0 Å². The van der Waals surface area contributed by atoms with Crippen LogP contribution in [0.1, 0.15) is 122 Å². The molecule has 0 amide bonds. The molecule has 0 N–H and O–H groups in total. The molecule has 7 aliphatic rings. The van der Waals surface area contributed by atoms with Gasteiger partial charge in [-0.3, -0.25) is 0 Å². The van der Waals surface area contributed by atoms with Crippen LogP contribution < -0.4 is 0 Å². The van der Waals surface area contributed by atoms with E-state index in [9.17, 15) is 0 Å². The molecule has 0 saturated heterocycles. The number of ether oxygens (including phenoxy) is 3. The third kappa shape index (κ3) is 4.39. The molecule has 37 heavy (non-hydrogen) atoms. The molecule has 3 heteroatoms. The third-order valence-corrected chi connectivity index (χ3v) is 12.4. The number of allylic oxidation sites excluding steroid dienone is 6. The van der Waals surface area contributed by atoms with E-state index < -0.39 is 0 Å². The predicted octanol–water partition coefficient (Wildman–Crippen LogP) is 9.00. The standard InChI is InChI=1S/C34H50O3/c1-33-20-19-31-29(30(33)16-17-32(33)37-27-12-6-7-13-27)15-14-24-22-28(36-26-10-4-5-11-26)18-21-34(24,31)23-35-25-8-2-3-9-25/h8,10,12,24,28-32H,2-7,9,11,13-23H2,1H3/t24?,28?,29-,30-,31+,32?,33-,34+/m0/s1. The van der Waals surface area contributed by atoms with Crippen LogP contribution in [0.3, 0.4) is 0 Å². The van der Waals surface area contributed by atoms with E-state index in [0.717, 1.165) is 43.1 Å². The summed E-state index contributed by atoms with van der Waals surface area (Å²) in [6.07, 6.45) is 30.9. The summed E-state index contributed by atoms with van der Waals surface area (Å²) in [6.45, 7) is 3.58. The quantitative estimate of drug-likeness (QED) is 0.345. The summed E-state index contributed by atoms with van der Waals surface area (Å²) in [6, 6.07) is 0. The van der Waals surface area contributed by atoms with Gasteiger partial charge in [-0.15, -0.1) is 0 Å². The van der Waals surface area contributed by atoms with E-state index in [4.69, 9.17) is 14.2 Å². The molecule has 0 heterocycles. The Hall–Kier alpha value is -1.38. The molecule has 3 nitrogen and oxygen atoms in total. The summed E-state index contributed by atoms with van der Waals surface area (Å²) in [5.41, 5.74) is 0.716. The minimum Gasteiger partial charge on any atom is -0.498 e. The molecule has 0 radical (unpaired) electrons. The van der Waals surface area contributed by atoms with Crippen molar-refractivity contribution in [2.45, 2.75) is 135 Å². The van der Waals surface area contributed by atoms with Crippen molar-refractivity contribution in [1.82, 2.24) is 0 Å². The Balaban J connectivity index is 1.11. The van der Waals surface area contributed by atoms with Gasteiger partial charge in [0.1, 0.15) is 6.10 Å². The Morgan fingerprint density at radius 2 is 1.46 bits per heavy atom. The number of fused-ring (bicyclic) bond motifs is 5. The molecule has 7 rings (SSSR count). The molecule has 0 spiro atoms. The van der Waals surface area contributed by atoms with Crippen LogP contribution in [0.4, 0.5) is 0 Å². The van der Waals surface area contributed by atoms with Gasteiger partial charge < -0.3 is 14.2 Å². The molecule has 0 aliphatic heterocycles. The van der Waals surface area contributed by atoms with E-state index >= 15 is 0 Å². The Labute approximate surface area is 225 Å². The second-order valence-electron chi connectivity index (χ2n) is 14.1. The van der Waals surface area contributed by atoms with Crippen molar-refractivity contribution in [1.29, 1.82) is 0 Å². The second-order valence-corrected chi connectivity index (χ2v) is 14.1. The number of rotatable bonds is 7. The molecule has 3 unspecified atom stereocenters. The first-order chi connectivity index (χ1) is 18.1. The van der Waals surface area contributed by atoms with Crippen LogP contribution in [0.25, 0.3) is 0 Å². The van der Waals surface area contributed by atoms with E-state index in [1.807, 2.05) is 0 Å². The first kappa shape index (κ1) is 24.6. The summed E-state index contributed by atoms with van der Waals surface area (Å²) >= 11 is 0. The van der Waals surface area contributed by atoms with Crippen molar-refractivity contribution in [2.24, 2.45) is 34.5 Å². The summed E-state index contributed by atoms with van der Waals surface area (Å²) < 4.78 is 20.1. The highest BCUT2D eigenvalue weighted by molar-refractivity contribution is 5.13. The predicted molar refractivity (Wildman–Crippen MR) is 148 cm³/mol. The Kier molecular flexibility index (Phi) is 6.65. The largest absolute Gasteiger partial charge is 0.498 e. The van der Waals surface area contributed by atoms with Gasteiger partial charge in [0.05, 0.1) is 30.0 Å². The molecule has 7 aliphatic carbocycles. The summed E-state index contributed by atoms with van der Waals surface area (Å²) in [4.78, 5) is 0. The van der Waals surface area contributed by atoms with Crippen molar-refractivity contribution < 1.29 is 14.2 Å². The van der Waals surface area contributed by atoms with E-state index in [1.54, 1.807) is 0 Å². The molecule has 4 fully saturated rings. The van der Waals surface area contributed by atoms with Gasteiger partial charge in [0, 0.05) is 30.1 Å². The highest BCUT2D eigenvalue weighted by Crippen LogP contribution is 2.67. The Morgan fingerprint density at radius 3 is 2.19 bits per heavy atom. The fraction of sp³-hybridized carbons (Fsp3) is 0.824. The molecule has 8 atom stereocenters. The number of hydrogen-bond donors (Lipinski definition) is 0. The highest BCUT2D eigenvalue weighted by Gasteiger charge is 2.62. The average Bonchev–Trinajstić information content (AvgIpc) is 3.72. The summed E-state index contributed by atoms with van der Waals surface area (Å²) in [7, 11) is 0. The normalized spacial score (nSPS) is 44.8. The van der Waals surface area contributed by atoms with Crippen LogP contribution in [0, 0.1) is 34.5 Å². The van der Waals surface area contributed by atoms with Crippen LogP contribution in [0.2, 0.25) is 0 Å². The molecule has 0 bridgehead atoms. The summed E-state index contributed by atoms with van der Waals surface area (Å²) in [5, 5.41) is 0. The van der Waals surface area contributed by atoms with Crippen LogP contribution >= 0.6 is 0 Å². The first-order valence-corrected chi connectivity index (χ1v) is 16.2. The topological polar surface area (TPSA) is 27.7 Å². The molecular weight excluding hydrogens is 456 g/mol. The molecule has 0 aromatic heterocycles. The zero-order chi connectivity index (χ0) is 24.9. The number of hydrogen-bond acceptors (Lipinski definition) is 3. The van der Waals surface area contributed by atoms with Gasteiger partial charge in [-0.05, 0) is 138 Å². The van der Waals surface area contributed by atoms with Crippen LogP contribution in [0.5, 0.6) is 0 Å². The molecule has 4 saturated carbocycles. The molecule has 0 aromatic carbocycles. The fourth-order valence-corrected chi connectivity index (χ4v) is 10.4. The van der Waals surface area contributed by atoms with Crippen molar-refractivity contribution in [3.8, 4) is 0 Å².